The van der Waals surface area contributed by atoms with Crippen LogP contribution in [-0.2, 0) is 9.59 Å². The first-order valence-corrected chi connectivity index (χ1v) is 9.78. The van der Waals surface area contributed by atoms with Crippen molar-refractivity contribution in [1.29, 1.82) is 0 Å². The van der Waals surface area contributed by atoms with Crippen LogP contribution in [0.1, 0.15) is 50.5 Å². The van der Waals surface area contributed by atoms with E-state index in [-0.39, 0.29) is 17.7 Å². The summed E-state index contributed by atoms with van der Waals surface area (Å²) in [5, 5.41) is 3.63. The number of rotatable bonds is 3. The fraction of sp³-hybridized carbons (Fsp3) is 0.600. The second-order valence-electron chi connectivity index (χ2n) is 7.39. The predicted molar refractivity (Wildman–Crippen MR) is 101 cm³/mol. The molecule has 136 valence electrons. The molecular weight excluding hydrogens is 336 g/mol. The summed E-state index contributed by atoms with van der Waals surface area (Å²) >= 11 is 6.12. The Morgan fingerprint density at radius 1 is 1.04 bits per heavy atom. The zero-order valence-corrected chi connectivity index (χ0v) is 15.6. The molecule has 0 aromatic heterocycles. The van der Waals surface area contributed by atoms with Crippen LogP contribution < -0.4 is 5.32 Å². The quantitative estimate of drug-likeness (QED) is 0.866. The molecule has 0 bridgehead atoms. The van der Waals surface area contributed by atoms with Crippen molar-refractivity contribution in [1.82, 2.24) is 4.90 Å². The Hall–Kier alpha value is -1.55. The largest absolute Gasteiger partial charge is 0.342 e. The first kappa shape index (κ1) is 18.2. The van der Waals surface area contributed by atoms with Gasteiger partial charge in [0.05, 0.1) is 0 Å². The third kappa shape index (κ3) is 4.55. The number of nitrogens with one attached hydrogen (secondary N) is 1. The van der Waals surface area contributed by atoms with Gasteiger partial charge in [-0.1, -0.05) is 17.7 Å². The smallest absolute Gasteiger partial charge is 0.227 e. The summed E-state index contributed by atoms with van der Waals surface area (Å²) in [6.07, 6.45) is 6.71. The number of carbonyl (C=O) groups is 2. The number of aryl methyl sites for hydroxylation is 1. The van der Waals surface area contributed by atoms with Crippen molar-refractivity contribution in [2.45, 2.75) is 51.9 Å². The molecule has 1 saturated carbocycles. The van der Waals surface area contributed by atoms with Crippen LogP contribution in [0, 0.1) is 18.8 Å². The Labute approximate surface area is 154 Å². The van der Waals surface area contributed by atoms with Crippen molar-refractivity contribution in [3.63, 3.8) is 0 Å². The molecule has 2 fully saturated rings. The van der Waals surface area contributed by atoms with Crippen molar-refractivity contribution in [2.24, 2.45) is 11.8 Å². The van der Waals surface area contributed by atoms with E-state index in [1.165, 1.54) is 6.42 Å². The average Bonchev–Trinajstić information content (AvgIpc) is 2.65. The van der Waals surface area contributed by atoms with Crippen molar-refractivity contribution in [3.05, 3.63) is 28.8 Å². The molecule has 0 spiro atoms. The Kier molecular flexibility index (Phi) is 6.00. The monoisotopic (exact) mass is 362 g/mol. The second-order valence-corrected chi connectivity index (χ2v) is 7.79. The minimum Gasteiger partial charge on any atom is -0.342 e. The maximum absolute atomic E-state index is 12.6. The van der Waals surface area contributed by atoms with Crippen LogP contribution in [-0.4, -0.2) is 29.8 Å². The maximum atomic E-state index is 12.6. The van der Waals surface area contributed by atoms with Gasteiger partial charge in [0.2, 0.25) is 11.8 Å². The van der Waals surface area contributed by atoms with Gasteiger partial charge in [0.25, 0.3) is 0 Å². The van der Waals surface area contributed by atoms with Gasteiger partial charge in [0.15, 0.2) is 0 Å². The highest BCUT2D eigenvalue weighted by atomic mass is 35.5. The van der Waals surface area contributed by atoms with Crippen LogP contribution >= 0.6 is 11.6 Å². The number of anilines is 1. The lowest BCUT2D eigenvalue weighted by molar-refractivity contribution is -0.138. The van der Waals surface area contributed by atoms with Gasteiger partial charge >= 0.3 is 0 Å². The normalized spacial score (nSPS) is 24.0. The molecular formula is C20H27ClN2O2. The number of hydrogen-bond donors (Lipinski definition) is 1. The van der Waals surface area contributed by atoms with Crippen LogP contribution in [0.4, 0.5) is 5.69 Å². The van der Waals surface area contributed by atoms with E-state index in [0.717, 1.165) is 62.9 Å². The molecule has 1 N–H and O–H groups in total. The van der Waals surface area contributed by atoms with E-state index in [1.807, 2.05) is 24.0 Å². The van der Waals surface area contributed by atoms with E-state index in [2.05, 4.69) is 5.32 Å². The highest BCUT2D eigenvalue weighted by Crippen LogP contribution is 2.32. The topological polar surface area (TPSA) is 49.4 Å². The van der Waals surface area contributed by atoms with Crippen LogP contribution in [0.25, 0.3) is 0 Å². The van der Waals surface area contributed by atoms with E-state index >= 15 is 0 Å². The average molecular weight is 363 g/mol. The van der Waals surface area contributed by atoms with E-state index in [4.69, 9.17) is 11.6 Å². The molecule has 0 unspecified atom stereocenters. The van der Waals surface area contributed by atoms with E-state index in [1.54, 1.807) is 6.07 Å². The molecule has 3 rings (SSSR count). The molecule has 1 aromatic rings. The van der Waals surface area contributed by atoms with Crippen molar-refractivity contribution < 1.29 is 9.59 Å². The summed E-state index contributed by atoms with van der Waals surface area (Å²) in [6.45, 7) is 3.76. The fourth-order valence-electron chi connectivity index (χ4n) is 3.89. The first-order valence-electron chi connectivity index (χ1n) is 9.40. The molecule has 1 heterocycles. The standard InChI is InChI=1S/C20H27ClN2O2/c1-14-5-10-17(13-18(14)21)22-19(24)15-6-8-16(9-7-15)20(25)23-11-3-2-4-12-23/h5,10,13,15-16H,2-4,6-9,11-12H2,1H3,(H,22,24). The Morgan fingerprint density at radius 2 is 1.68 bits per heavy atom. The number of amides is 2. The van der Waals surface area contributed by atoms with Crippen LogP contribution in [0.2, 0.25) is 5.02 Å². The molecule has 1 aromatic carbocycles. The Balaban J connectivity index is 1.50. The first-order chi connectivity index (χ1) is 12.0. The second kappa shape index (κ2) is 8.22. The van der Waals surface area contributed by atoms with Gasteiger partial charge in [-0.05, 0) is 69.6 Å². The summed E-state index contributed by atoms with van der Waals surface area (Å²) in [5.41, 5.74) is 1.74. The molecule has 25 heavy (non-hydrogen) atoms. The van der Waals surface area contributed by atoms with Crippen LogP contribution in [0.15, 0.2) is 18.2 Å². The van der Waals surface area contributed by atoms with Crippen molar-refractivity contribution in [3.8, 4) is 0 Å². The summed E-state index contributed by atoms with van der Waals surface area (Å²) in [4.78, 5) is 27.1. The molecule has 4 nitrogen and oxygen atoms in total. The highest BCUT2D eigenvalue weighted by Gasteiger charge is 2.32. The summed E-state index contributed by atoms with van der Waals surface area (Å²) < 4.78 is 0. The van der Waals surface area contributed by atoms with Gasteiger partial charge in [-0.2, -0.15) is 0 Å². The van der Waals surface area contributed by atoms with Crippen molar-refractivity contribution >= 4 is 29.1 Å². The van der Waals surface area contributed by atoms with Gasteiger partial charge in [-0.3, -0.25) is 9.59 Å². The fourth-order valence-corrected chi connectivity index (χ4v) is 4.07. The summed E-state index contributed by atoms with van der Waals surface area (Å²) in [5.74, 6) is 0.453. The third-order valence-electron chi connectivity index (χ3n) is 5.55. The summed E-state index contributed by atoms with van der Waals surface area (Å²) in [6, 6.07) is 5.58. The van der Waals surface area contributed by atoms with Gasteiger partial charge in [-0.25, -0.2) is 0 Å². The minimum absolute atomic E-state index is 0.00881. The van der Waals surface area contributed by atoms with Gasteiger partial charge < -0.3 is 10.2 Å². The molecule has 1 aliphatic heterocycles. The highest BCUT2D eigenvalue weighted by molar-refractivity contribution is 6.31. The number of likely N-dealkylation sites (tertiary alicyclic amines) is 1. The van der Waals surface area contributed by atoms with Crippen LogP contribution in [0.5, 0.6) is 0 Å². The number of nitrogens with zero attached hydrogens (tertiary/aromatic N) is 1. The predicted octanol–water partition coefficient (Wildman–Crippen LogP) is 4.41. The Morgan fingerprint density at radius 3 is 2.32 bits per heavy atom. The molecule has 1 saturated heterocycles. The SMILES string of the molecule is Cc1ccc(NC(=O)C2CCC(C(=O)N3CCCCC3)CC2)cc1Cl. The molecule has 0 radical (unpaired) electrons. The molecule has 2 amide bonds. The number of piperidine rings is 1. The molecule has 1 aliphatic carbocycles. The van der Waals surface area contributed by atoms with E-state index in [0.29, 0.717) is 10.9 Å². The number of carbonyl (C=O) groups excluding carboxylic acids is 2. The summed E-state index contributed by atoms with van der Waals surface area (Å²) in [7, 11) is 0. The lowest BCUT2D eigenvalue weighted by Gasteiger charge is -2.33. The maximum Gasteiger partial charge on any atom is 0.227 e. The molecule has 5 heteroatoms. The lowest BCUT2D eigenvalue weighted by Crippen LogP contribution is -2.41. The minimum atomic E-state index is -0.00881. The van der Waals surface area contributed by atoms with Gasteiger partial charge in [0.1, 0.15) is 0 Å². The van der Waals surface area contributed by atoms with Gasteiger partial charge in [0, 0.05) is 35.6 Å². The van der Waals surface area contributed by atoms with Gasteiger partial charge in [-0.15, -0.1) is 0 Å². The zero-order valence-electron chi connectivity index (χ0n) is 14.9. The number of halogens is 1. The molecule has 0 atom stereocenters. The van der Waals surface area contributed by atoms with Crippen molar-refractivity contribution in [2.75, 3.05) is 18.4 Å². The molecule has 2 aliphatic rings. The van der Waals surface area contributed by atoms with E-state index in [9.17, 15) is 9.59 Å². The lowest BCUT2D eigenvalue weighted by atomic mass is 9.80. The zero-order chi connectivity index (χ0) is 17.8. The third-order valence-corrected chi connectivity index (χ3v) is 5.96. The number of benzene rings is 1. The van der Waals surface area contributed by atoms with Crippen LogP contribution in [0.3, 0.4) is 0 Å². The van der Waals surface area contributed by atoms with E-state index < -0.39 is 0 Å². The number of hydrogen-bond acceptors (Lipinski definition) is 2. The Bertz CT molecular complexity index is 633.